The summed E-state index contributed by atoms with van der Waals surface area (Å²) in [7, 11) is 3.12. The third-order valence-electron chi connectivity index (χ3n) is 5.52. The molecule has 2 aromatic rings. The van der Waals surface area contributed by atoms with Gasteiger partial charge in [-0.3, -0.25) is 9.59 Å². The van der Waals surface area contributed by atoms with Crippen LogP contribution in [-0.2, 0) is 4.79 Å². The van der Waals surface area contributed by atoms with Crippen molar-refractivity contribution in [3.63, 3.8) is 0 Å². The maximum Gasteiger partial charge on any atom is 0.259 e. The zero-order chi connectivity index (χ0) is 20.4. The first-order valence-corrected chi connectivity index (χ1v) is 9.61. The molecule has 0 radical (unpaired) electrons. The van der Waals surface area contributed by atoms with Crippen LogP contribution in [0.5, 0.6) is 11.5 Å². The van der Waals surface area contributed by atoms with Gasteiger partial charge in [0.25, 0.3) is 5.91 Å². The molecule has 152 valence electrons. The van der Waals surface area contributed by atoms with Gasteiger partial charge >= 0.3 is 0 Å². The van der Waals surface area contributed by atoms with Crippen molar-refractivity contribution in [2.24, 2.45) is 5.92 Å². The summed E-state index contributed by atoms with van der Waals surface area (Å²) < 4.78 is 10.6. The third kappa shape index (κ3) is 3.83. The second kappa shape index (κ2) is 7.98. The normalized spacial score (nSPS) is 20.6. The van der Waals surface area contributed by atoms with E-state index in [0.717, 1.165) is 13.0 Å². The van der Waals surface area contributed by atoms with E-state index in [4.69, 9.17) is 9.47 Å². The van der Waals surface area contributed by atoms with Gasteiger partial charge in [0.1, 0.15) is 17.3 Å². The van der Waals surface area contributed by atoms with E-state index < -0.39 is 0 Å². The number of hydrogen-bond donors (Lipinski definition) is 2. The Labute approximate surface area is 169 Å². The molecule has 3 heterocycles. The van der Waals surface area contributed by atoms with Gasteiger partial charge < -0.3 is 25.0 Å². The molecule has 8 nitrogen and oxygen atoms in total. The Bertz CT molecular complexity index is 933. The molecule has 8 heteroatoms. The molecule has 1 aromatic heterocycles. The molecule has 2 atom stereocenters. The zero-order valence-corrected chi connectivity index (χ0v) is 16.5. The van der Waals surface area contributed by atoms with Crippen LogP contribution in [0.1, 0.15) is 23.2 Å². The topological polar surface area (TPSA) is 92.8 Å². The largest absolute Gasteiger partial charge is 0.497 e. The Morgan fingerprint density at radius 3 is 2.93 bits per heavy atom. The molecular formula is C21H24N4O4. The number of methoxy groups -OCH3 is 2. The number of nitrogens with zero attached hydrogens (tertiary/aromatic N) is 2. The van der Waals surface area contributed by atoms with Crippen molar-refractivity contribution in [1.29, 1.82) is 0 Å². The molecule has 0 saturated carbocycles. The molecule has 0 spiro atoms. The van der Waals surface area contributed by atoms with Crippen LogP contribution in [0, 0.1) is 5.92 Å². The predicted molar refractivity (Wildman–Crippen MR) is 109 cm³/mol. The molecule has 0 aliphatic carbocycles. The van der Waals surface area contributed by atoms with Gasteiger partial charge in [0, 0.05) is 43.7 Å². The second-order valence-electron chi connectivity index (χ2n) is 7.27. The van der Waals surface area contributed by atoms with Crippen LogP contribution >= 0.6 is 0 Å². The van der Waals surface area contributed by atoms with Crippen LogP contribution in [0.4, 0.5) is 11.5 Å². The summed E-state index contributed by atoms with van der Waals surface area (Å²) in [5, 5.41) is 5.94. The fourth-order valence-corrected chi connectivity index (χ4v) is 4.04. The molecule has 1 aromatic carbocycles. The number of amides is 2. The van der Waals surface area contributed by atoms with E-state index in [0.29, 0.717) is 41.5 Å². The van der Waals surface area contributed by atoms with E-state index in [1.165, 1.54) is 0 Å². The maximum absolute atomic E-state index is 13.0. The summed E-state index contributed by atoms with van der Waals surface area (Å²) in [5.41, 5.74) is 1.04. The van der Waals surface area contributed by atoms with Crippen LogP contribution in [0.2, 0.25) is 0 Å². The van der Waals surface area contributed by atoms with Gasteiger partial charge in [-0.15, -0.1) is 0 Å². The molecule has 2 fully saturated rings. The molecule has 4 rings (SSSR count). The number of carbonyl (C=O) groups excluding carboxylic acids is 2. The first-order valence-electron chi connectivity index (χ1n) is 9.61. The molecule has 29 heavy (non-hydrogen) atoms. The minimum Gasteiger partial charge on any atom is -0.497 e. The molecule has 0 bridgehead atoms. The first kappa shape index (κ1) is 19.0. The molecule has 0 unspecified atom stereocenters. The SMILES string of the molecule is COc1ccc(NC(=O)c2cccnc2N2CC[C@@H]3NC(=O)C[C@@H]3C2)c(OC)c1. The highest BCUT2D eigenvalue weighted by atomic mass is 16.5. The van der Waals surface area contributed by atoms with Crippen LogP contribution in [0.15, 0.2) is 36.5 Å². The Kier molecular flexibility index (Phi) is 5.24. The van der Waals surface area contributed by atoms with E-state index in [2.05, 4.69) is 20.5 Å². The lowest BCUT2D eigenvalue weighted by Crippen LogP contribution is -2.45. The number of pyridine rings is 1. The van der Waals surface area contributed by atoms with Crippen molar-refractivity contribution in [1.82, 2.24) is 10.3 Å². The number of piperidine rings is 1. The van der Waals surface area contributed by atoms with E-state index in [9.17, 15) is 9.59 Å². The fraction of sp³-hybridized carbons (Fsp3) is 0.381. The van der Waals surface area contributed by atoms with Crippen molar-refractivity contribution < 1.29 is 19.1 Å². The third-order valence-corrected chi connectivity index (χ3v) is 5.52. The van der Waals surface area contributed by atoms with Gasteiger partial charge in [0.15, 0.2) is 0 Å². The summed E-state index contributed by atoms with van der Waals surface area (Å²) in [6, 6.07) is 8.96. The lowest BCUT2D eigenvalue weighted by Gasteiger charge is -2.35. The summed E-state index contributed by atoms with van der Waals surface area (Å²) in [4.78, 5) is 31.3. The smallest absolute Gasteiger partial charge is 0.259 e. The van der Waals surface area contributed by atoms with Crippen LogP contribution in [-0.4, -0.2) is 50.1 Å². The quantitative estimate of drug-likeness (QED) is 0.804. The number of carbonyl (C=O) groups is 2. The van der Waals surface area contributed by atoms with Gasteiger partial charge in [0.05, 0.1) is 25.5 Å². The average molecular weight is 396 g/mol. The number of nitrogens with one attached hydrogen (secondary N) is 2. The standard InChI is InChI=1S/C21H24N4O4/c1-28-14-5-6-17(18(11-14)29-2)24-21(27)15-4-3-8-22-20(15)25-9-7-16-13(12-25)10-19(26)23-16/h3-6,8,11,13,16H,7,9-10,12H2,1-2H3,(H,23,26)(H,24,27)/t13-,16+/m1/s1. The van der Waals surface area contributed by atoms with Crippen molar-refractivity contribution in [3.05, 3.63) is 42.1 Å². The van der Waals surface area contributed by atoms with Gasteiger partial charge in [0.2, 0.25) is 5.91 Å². The number of hydrogen-bond acceptors (Lipinski definition) is 6. The Morgan fingerprint density at radius 2 is 2.14 bits per heavy atom. The van der Waals surface area contributed by atoms with Crippen molar-refractivity contribution >= 4 is 23.3 Å². The number of aromatic nitrogens is 1. The van der Waals surface area contributed by atoms with Crippen LogP contribution < -0.4 is 25.0 Å². The van der Waals surface area contributed by atoms with Crippen LogP contribution in [0.3, 0.4) is 0 Å². The van der Waals surface area contributed by atoms with E-state index in [-0.39, 0.29) is 23.8 Å². The number of ether oxygens (including phenoxy) is 2. The number of benzene rings is 1. The molecule has 2 N–H and O–H groups in total. The van der Waals surface area contributed by atoms with E-state index in [1.807, 2.05) is 0 Å². The highest BCUT2D eigenvalue weighted by Gasteiger charge is 2.37. The Hall–Kier alpha value is -3.29. The number of rotatable bonds is 5. The van der Waals surface area contributed by atoms with Gasteiger partial charge in [-0.1, -0.05) is 0 Å². The minimum atomic E-state index is -0.265. The summed E-state index contributed by atoms with van der Waals surface area (Å²) in [5.74, 6) is 1.88. The van der Waals surface area contributed by atoms with Crippen molar-refractivity contribution in [3.8, 4) is 11.5 Å². The average Bonchev–Trinajstić information content (AvgIpc) is 3.13. The Morgan fingerprint density at radius 1 is 1.28 bits per heavy atom. The number of anilines is 2. The fourth-order valence-electron chi connectivity index (χ4n) is 4.04. The molecule has 2 aliphatic heterocycles. The lowest BCUT2D eigenvalue weighted by molar-refractivity contribution is -0.119. The van der Waals surface area contributed by atoms with Crippen molar-refractivity contribution in [2.75, 3.05) is 37.5 Å². The molecule has 2 aliphatic rings. The van der Waals surface area contributed by atoms with Crippen molar-refractivity contribution in [2.45, 2.75) is 18.9 Å². The summed E-state index contributed by atoms with van der Waals surface area (Å²) >= 11 is 0. The highest BCUT2D eigenvalue weighted by Crippen LogP contribution is 2.32. The zero-order valence-electron chi connectivity index (χ0n) is 16.5. The van der Waals surface area contributed by atoms with Gasteiger partial charge in [-0.25, -0.2) is 4.98 Å². The first-order chi connectivity index (χ1) is 14.1. The van der Waals surface area contributed by atoms with Gasteiger partial charge in [-0.05, 0) is 30.7 Å². The maximum atomic E-state index is 13.0. The lowest BCUT2D eigenvalue weighted by atomic mass is 9.93. The molecular weight excluding hydrogens is 372 g/mol. The van der Waals surface area contributed by atoms with E-state index in [1.54, 1.807) is 50.7 Å². The second-order valence-corrected chi connectivity index (χ2v) is 7.27. The summed E-state index contributed by atoms with van der Waals surface area (Å²) in [6.07, 6.45) is 3.06. The minimum absolute atomic E-state index is 0.104. The van der Waals surface area contributed by atoms with Gasteiger partial charge in [-0.2, -0.15) is 0 Å². The molecule has 2 amide bonds. The van der Waals surface area contributed by atoms with E-state index >= 15 is 0 Å². The summed E-state index contributed by atoms with van der Waals surface area (Å²) in [6.45, 7) is 1.44. The monoisotopic (exact) mass is 396 g/mol. The number of fused-ring (bicyclic) bond motifs is 1. The Balaban J connectivity index is 1.55. The highest BCUT2D eigenvalue weighted by molar-refractivity contribution is 6.08. The predicted octanol–water partition coefficient (Wildman–Crippen LogP) is 2.07. The van der Waals surface area contributed by atoms with Crippen LogP contribution in [0.25, 0.3) is 0 Å². The molecule has 2 saturated heterocycles.